The van der Waals surface area contributed by atoms with E-state index in [1.807, 2.05) is 18.2 Å². The fraction of sp³-hybridized carbons (Fsp3) is 0.560. The number of aromatic nitrogens is 1. The number of hydrogen-bond donors (Lipinski definition) is 0. The molecular weight excluding hydrogens is 380 g/mol. The fourth-order valence-electron chi connectivity index (χ4n) is 3.66. The number of halogens is 1. The highest BCUT2D eigenvalue weighted by Crippen LogP contribution is 2.16. The summed E-state index contributed by atoms with van der Waals surface area (Å²) in [6.07, 6.45) is 12.1. The minimum absolute atomic E-state index is 0.299. The molecule has 2 aromatic rings. The summed E-state index contributed by atoms with van der Waals surface area (Å²) in [5.74, 6) is 0.299. The van der Waals surface area contributed by atoms with Gasteiger partial charge < -0.3 is 9.47 Å². The van der Waals surface area contributed by atoms with Crippen molar-refractivity contribution in [3.63, 3.8) is 0 Å². The third kappa shape index (κ3) is 8.65. The third-order valence-corrected chi connectivity index (χ3v) is 5.63. The summed E-state index contributed by atoms with van der Waals surface area (Å²) in [5, 5.41) is 0.760. The topological polar surface area (TPSA) is 25.2 Å². The van der Waals surface area contributed by atoms with Gasteiger partial charge >= 0.3 is 0 Å². The molecule has 0 bridgehead atoms. The minimum Gasteiger partial charge on any atom is -0.345 e. The summed E-state index contributed by atoms with van der Waals surface area (Å²) in [4.78, 5) is 15.0. The van der Waals surface area contributed by atoms with E-state index in [0.29, 0.717) is 18.9 Å². The standard InChI is InChI=1S/C25H37ClN2O/c1-3-5-7-8-9-16-25(29)28(17-10-6-4-2)21-24-15-12-18-27(24)20-22-13-11-14-23(26)19-22/h11-15,18-19H,3-10,16-17,20-21H2,1-2H3. The van der Waals surface area contributed by atoms with Crippen LogP contribution in [-0.4, -0.2) is 21.9 Å². The smallest absolute Gasteiger partial charge is 0.222 e. The maximum Gasteiger partial charge on any atom is 0.222 e. The summed E-state index contributed by atoms with van der Waals surface area (Å²) >= 11 is 6.14. The average molecular weight is 417 g/mol. The zero-order valence-electron chi connectivity index (χ0n) is 18.2. The van der Waals surface area contributed by atoms with E-state index < -0.39 is 0 Å². The molecule has 0 fully saturated rings. The number of carbonyl (C=O) groups excluding carboxylic acids is 1. The van der Waals surface area contributed by atoms with E-state index in [4.69, 9.17) is 11.6 Å². The predicted molar refractivity (Wildman–Crippen MR) is 123 cm³/mol. The Morgan fingerprint density at radius 2 is 1.72 bits per heavy atom. The molecule has 0 unspecified atom stereocenters. The number of unbranched alkanes of at least 4 members (excludes halogenated alkanes) is 6. The van der Waals surface area contributed by atoms with Gasteiger partial charge in [0.1, 0.15) is 0 Å². The van der Waals surface area contributed by atoms with Crippen LogP contribution in [0.4, 0.5) is 0 Å². The van der Waals surface area contributed by atoms with Crippen LogP contribution in [0.1, 0.15) is 82.9 Å². The van der Waals surface area contributed by atoms with E-state index in [-0.39, 0.29) is 0 Å². The summed E-state index contributed by atoms with van der Waals surface area (Å²) in [7, 11) is 0. The predicted octanol–water partition coefficient (Wildman–Crippen LogP) is 7.07. The molecule has 0 N–H and O–H groups in total. The molecule has 3 nitrogen and oxygen atoms in total. The fourth-order valence-corrected chi connectivity index (χ4v) is 3.87. The van der Waals surface area contributed by atoms with Crippen LogP contribution in [0, 0.1) is 0 Å². The number of benzene rings is 1. The Hall–Kier alpha value is -1.74. The molecule has 0 aliphatic heterocycles. The molecule has 1 aromatic heterocycles. The lowest BCUT2D eigenvalue weighted by Gasteiger charge is -2.24. The second kappa shape index (κ2) is 13.5. The molecule has 0 radical (unpaired) electrons. The monoisotopic (exact) mass is 416 g/mol. The van der Waals surface area contributed by atoms with Crippen molar-refractivity contribution in [3.05, 3.63) is 58.9 Å². The largest absolute Gasteiger partial charge is 0.345 e. The van der Waals surface area contributed by atoms with Gasteiger partial charge in [-0.3, -0.25) is 4.79 Å². The zero-order chi connectivity index (χ0) is 20.9. The van der Waals surface area contributed by atoms with E-state index in [2.05, 4.69) is 47.7 Å². The highest BCUT2D eigenvalue weighted by molar-refractivity contribution is 6.30. The van der Waals surface area contributed by atoms with Crippen molar-refractivity contribution in [1.82, 2.24) is 9.47 Å². The molecule has 0 aliphatic rings. The lowest BCUT2D eigenvalue weighted by Crippen LogP contribution is -2.32. The van der Waals surface area contributed by atoms with Crippen molar-refractivity contribution in [2.45, 2.75) is 84.7 Å². The van der Waals surface area contributed by atoms with Gasteiger partial charge in [0, 0.05) is 36.4 Å². The number of amides is 1. The van der Waals surface area contributed by atoms with E-state index >= 15 is 0 Å². The average Bonchev–Trinajstić information content (AvgIpc) is 3.13. The molecular formula is C25H37ClN2O. The van der Waals surface area contributed by atoms with E-state index in [0.717, 1.165) is 37.4 Å². The first-order chi connectivity index (χ1) is 14.1. The summed E-state index contributed by atoms with van der Waals surface area (Å²) < 4.78 is 2.23. The second-order valence-electron chi connectivity index (χ2n) is 7.94. The van der Waals surface area contributed by atoms with Gasteiger partial charge in [-0.15, -0.1) is 0 Å². The Balaban J connectivity index is 1.98. The van der Waals surface area contributed by atoms with Crippen LogP contribution < -0.4 is 0 Å². The van der Waals surface area contributed by atoms with Crippen LogP contribution in [-0.2, 0) is 17.9 Å². The molecule has 2 rings (SSSR count). The van der Waals surface area contributed by atoms with Crippen LogP contribution in [0.2, 0.25) is 5.02 Å². The molecule has 0 saturated heterocycles. The van der Waals surface area contributed by atoms with Gasteiger partial charge in [-0.2, -0.15) is 0 Å². The van der Waals surface area contributed by atoms with E-state index in [1.54, 1.807) is 0 Å². The maximum absolute atomic E-state index is 12.9. The molecule has 1 aromatic carbocycles. The van der Waals surface area contributed by atoms with E-state index in [9.17, 15) is 4.79 Å². The summed E-state index contributed by atoms with van der Waals surface area (Å²) in [6.45, 7) is 6.74. The van der Waals surface area contributed by atoms with Gasteiger partial charge in [-0.25, -0.2) is 0 Å². The maximum atomic E-state index is 12.9. The van der Waals surface area contributed by atoms with Crippen LogP contribution in [0.5, 0.6) is 0 Å². The quantitative estimate of drug-likeness (QED) is 0.302. The lowest BCUT2D eigenvalue weighted by atomic mass is 10.1. The van der Waals surface area contributed by atoms with Crippen LogP contribution in [0.15, 0.2) is 42.6 Å². The lowest BCUT2D eigenvalue weighted by molar-refractivity contribution is -0.132. The number of rotatable bonds is 14. The highest BCUT2D eigenvalue weighted by atomic mass is 35.5. The minimum atomic E-state index is 0.299. The molecule has 0 atom stereocenters. The van der Waals surface area contributed by atoms with Crippen molar-refractivity contribution in [1.29, 1.82) is 0 Å². The Labute approximate surface area is 182 Å². The third-order valence-electron chi connectivity index (χ3n) is 5.40. The zero-order valence-corrected chi connectivity index (χ0v) is 19.0. The number of nitrogens with zero attached hydrogens (tertiary/aromatic N) is 2. The Morgan fingerprint density at radius 1 is 0.966 bits per heavy atom. The van der Waals surface area contributed by atoms with Crippen molar-refractivity contribution >= 4 is 17.5 Å². The first kappa shape index (κ1) is 23.5. The van der Waals surface area contributed by atoms with Crippen molar-refractivity contribution in [2.75, 3.05) is 6.54 Å². The first-order valence-electron chi connectivity index (χ1n) is 11.3. The second-order valence-corrected chi connectivity index (χ2v) is 8.38. The molecule has 1 heterocycles. The molecule has 0 spiro atoms. The van der Waals surface area contributed by atoms with Gasteiger partial charge in [0.2, 0.25) is 5.91 Å². The number of carbonyl (C=O) groups is 1. The number of hydrogen-bond acceptors (Lipinski definition) is 1. The van der Waals surface area contributed by atoms with Gasteiger partial charge in [0.25, 0.3) is 0 Å². The van der Waals surface area contributed by atoms with Crippen molar-refractivity contribution in [2.24, 2.45) is 0 Å². The van der Waals surface area contributed by atoms with Gasteiger partial charge in [0.15, 0.2) is 0 Å². The van der Waals surface area contributed by atoms with Crippen molar-refractivity contribution in [3.8, 4) is 0 Å². The molecule has 1 amide bonds. The molecule has 160 valence electrons. The first-order valence-corrected chi connectivity index (χ1v) is 11.7. The molecule has 0 aliphatic carbocycles. The highest BCUT2D eigenvalue weighted by Gasteiger charge is 2.15. The van der Waals surface area contributed by atoms with Crippen LogP contribution in [0.25, 0.3) is 0 Å². The Morgan fingerprint density at radius 3 is 2.48 bits per heavy atom. The molecule has 29 heavy (non-hydrogen) atoms. The van der Waals surface area contributed by atoms with Gasteiger partial charge in [0.05, 0.1) is 6.54 Å². The molecule has 4 heteroatoms. The van der Waals surface area contributed by atoms with Gasteiger partial charge in [-0.1, -0.05) is 76.1 Å². The molecule has 0 saturated carbocycles. The summed E-state index contributed by atoms with van der Waals surface area (Å²) in [5.41, 5.74) is 2.36. The summed E-state index contributed by atoms with van der Waals surface area (Å²) in [6, 6.07) is 12.2. The van der Waals surface area contributed by atoms with E-state index in [1.165, 1.54) is 43.4 Å². The van der Waals surface area contributed by atoms with Crippen LogP contribution in [0.3, 0.4) is 0 Å². The SMILES string of the molecule is CCCCCCCC(=O)N(CCCCC)Cc1cccn1Cc1cccc(Cl)c1. The van der Waals surface area contributed by atoms with Crippen molar-refractivity contribution < 1.29 is 4.79 Å². The normalized spacial score (nSPS) is 11.0. The Kier molecular flexibility index (Phi) is 10.9. The van der Waals surface area contributed by atoms with Gasteiger partial charge in [-0.05, 0) is 42.7 Å². The Bertz CT molecular complexity index is 725. The van der Waals surface area contributed by atoms with Crippen LogP contribution >= 0.6 is 11.6 Å².